The third-order valence-electron chi connectivity index (χ3n) is 3.41. The van der Waals surface area contributed by atoms with E-state index in [9.17, 15) is 0 Å². The average Bonchev–Trinajstić information content (AvgIpc) is 2.42. The van der Waals surface area contributed by atoms with Gasteiger partial charge in [0, 0.05) is 25.0 Å². The molecule has 0 aliphatic carbocycles. The number of aromatic nitrogens is 1. The Morgan fingerprint density at radius 2 is 1.89 bits per heavy atom. The number of hydrogen-bond acceptors (Lipinski definition) is 3. The van der Waals surface area contributed by atoms with Crippen molar-refractivity contribution in [3.63, 3.8) is 0 Å². The summed E-state index contributed by atoms with van der Waals surface area (Å²) in [6, 6.07) is 4.71. The van der Waals surface area contributed by atoms with Crippen LogP contribution in [0.25, 0.3) is 0 Å². The lowest BCUT2D eigenvalue weighted by Crippen LogP contribution is -2.28. The molecule has 0 aromatic carbocycles. The molecule has 0 bridgehead atoms. The Balaban J connectivity index is 2.12. The predicted octanol–water partition coefficient (Wildman–Crippen LogP) is 2.68. The van der Waals surface area contributed by atoms with Gasteiger partial charge < -0.3 is 10.2 Å². The quantitative estimate of drug-likeness (QED) is 0.729. The van der Waals surface area contributed by atoms with Gasteiger partial charge in [-0.1, -0.05) is 13.8 Å². The average molecular weight is 249 g/mol. The first kappa shape index (κ1) is 15.1. The van der Waals surface area contributed by atoms with E-state index in [2.05, 4.69) is 48.1 Å². The second-order valence-corrected chi connectivity index (χ2v) is 4.81. The molecule has 0 aliphatic heterocycles. The summed E-state index contributed by atoms with van der Waals surface area (Å²) in [4.78, 5) is 6.51. The summed E-state index contributed by atoms with van der Waals surface area (Å²) in [5, 5.41) is 3.56. The smallest absolute Gasteiger partial charge is 0.0271 e. The first-order valence-corrected chi connectivity index (χ1v) is 7.10. The van der Waals surface area contributed by atoms with E-state index in [4.69, 9.17) is 0 Å². The van der Waals surface area contributed by atoms with Gasteiger partial charge in [0.15, 0.2) is 0 Å². The van der Waals surface area contributed by atoms with Crippen LogP contribution < -0.4 is 5.32 Å². The van der Waals surface area contributed by atoms with E-state index in [-0.39, 0.29) is 0 Å². The zero-order chi connectivity index (χ0) is 13.2. The van der Waals surface area contributed by atoms with Crippen molar-refractivity contribution in [3.8, 4) is 0 Å². The summed E-state index contributed by atoms with van der Waals surface area (Å²) in [6.07, 6.45) is 6.21. The van der Waals surface area contributed by atoms with E-state index in [1.807, 2.05) is 12.4 Å². The fourth-order valence-electron chi connectivity index (χ4n) is 2.06. The molecule has 0 amide bonds. The maximum atomic E-state index is 4.03. The molecule has 1 N–H and O–H groups in total. The number of nitrogens with one attached hydrogen (secondary N) is 1. The third kappa shape index (κ3) is 6.12. The highest BCUT2D eigenvalue weighted by atomic mass is 15.1. The number of nitrogens with zero attached hydrogens (tertiary/aromatic N) is 2. The highest BCUT2D eigenvalue weighted by molar-refractivity contribution is 5.09. The Bertz CT molecular complexity index is 296. The van der Waals surface area contributed by atoms with Crippen LogP contribution in [0.1, 0.15) is 39.2 Å². The lowest BCUT2D eigenvalue weighted by atomic mass is 10.1. The summed E-state index contributed by atoms with van der Waals surface area (Å²) in [5.74, 6) is 0. The molecule has 1 aromatic heterocycles. The number of rotatable bonds is 9. The van der Waals surface area contributed by atoms with Gasteiger partial charge in [-0.3, -0.25) is 4.98 Å². The van der Waals surface area contributed by atoms with Crippen molar-refractivity contribution in [3.05, 3.63) is 30.1 Å². The Hall–Kier alpha value is -0.930. The minimum atomic E-state index is 0.578. The Kier molecular flexibility index (Phi) is 7.62. The zero-order valence-corrected chi connectivity index (χ0v) is 12.0. The molecular formula is C15H27N3. The maximum Gasteiger partial charge on any atom is 0.0271 e. The molecule has 0 saturated carbocycles. The van der Waals surface area contributed by atoms with Crippen molar-refractivity contribution >= 4 is 0 Å². The van der Waals surface area contributed by atoms with Crippen LogP contribution in [-0.2, 0) is 6.54 Å². The molecule has 0 aliphatic rings. The van der Waals surface area contributed by atoms with E-state index >= 15 is 0 Å². The Labute approximate surface area is 112 Å². The fraction of sp³-hybridized carbons (Fsp3) is 0.667. The minimum Gasteiger partial charge on any atom is -0.310 e. The normalized spacial score (nSPS) is 12.9. The molecule has 18 heavy (non-hydrogen) atoms. The van der Waals surface area contributed by atoms with Crippen LogP contribution in [0.2, 0.25) is 0 Å². The largest absolute Gasteiger partial charge is 0.310 e. The maximum absolute atomic E-state index is 4.03. The minimum absolute atomic E-state index is 0.578. The van der Waals surface area contributed by atoms with Gasteiger partial charge in [-0.2, -0.15) is 0 Å². The molecule has 3 nitrogen and oxygen atoms in total. The molecule has 102 valence electrons. The van der Waals surface area contributed by atoms with Gasteiger partial charge in [0.2, 0.25) is 0 Å². The predicted molar refractivity (Wildman–Crippen MR) is 77.6 cm³/mol. The molecule has 1 unspecified atom stereocenters. The molecule has 1 aromatic rings. The topological polar surface area (TPSA) is 28.2 Å². The van der Waals surface area contributed by atoms with E-state index in [0.717, 1.165) is 19.6 Å². The summed E-state index contributed by atoms with van der Waals surface area (Å²) in [5.41, 5.74) is 1.31. The van der Waals surface area contributed by atoms with Gasteiger partial charge in [-0.25, -0.2) is 0 Å². The first-order chi connectivity index (χ1) is 8.76. The van der Waals surface area contributed by atoms with Crippen LogP contribution in [0, 0.1) is 0 Å². The van der Waals surface area contributed by atoms with Gasteiger partial charge in [-0.15, -0.1) is 0 Å². The van der Waals surface area contributed by atoms with Gasteiger partial charge in [0.25, 0.3) is 0 Å². The van der Waals surface area contributed by atoms with Crippen molar-refractivity contribution in [2.24, 2.45) is 0 Å². The van der Waals surface area contributed by atoms with Gasteiger partial charge in [-0.05, 0) is 57.1 Å². The van der Waals surface area contributed by atoms with Crippen LogP contribution >= 0.6 is 0 Å². The lowest BCUT2D eigenvalue weighted by molar-refractivity contribution is 0.290. The molecule has 0 saturated heterocycles. The Morgan fingerprint density at radius 1 is 1.22 bits per heavy atom. The molecule has 0 fully saturated rings. The van der Waals surface area contributed by atoms with Crippen molar-refractivity contribution in [2.75, 3.05) is 19.6 Å². The summed E-state index contributed by atoms with van der Waals surface area (Å²) >= 11 is 0. The Morgan fingerprint density at radius 3 is 2.50 bits per heavy atom. The van der Waals surface area contributed by atoms with Crippen LogP contribution in [0.5, 0.6) is 0 Å². The highest BCUT2D eigenvalue weighted by Gasteiger charge is 2.03. The van der Waals surface area contributed by atoms with Gasteiger partial charge in [0.1, 0.15) is 0 Å². The van der Waals surface area contributed by atoms with Gasteiger partial charge >= 0.3 is 0 Å². The third-order valence-corrected chi connectivity index (χ3v) is 3.41. The monoisotopic (exact) mass is 249 g/mol. The summed E-state index contributed by atoms with van der Waals surface area (Å²) < 4.78 is 0. The van der Waals surface area contributed by atoms with Crippen molar-refractivity contribution in [1.29, 1.82) is 0 Å². The van der Waals surface area contributed by atoms with Crippen molar-refractivity contribution in [2.45, 2.75) is 46.2 Å². The second-order valence-electron chi connectivity index (χ2n) is 4.81. The van der Waals surface area contributed by atoms with Crippen LogP contribution in [0.4, 0.5) is 0 Å². The van der Waals surface area contributed by atoms with E-state index in [0.29, 0.717) is 6.04 Å². The standard InChI is InChI=1S/C15H27N3/c1-4-18(5-2)12-6-7-14(3)17-13-15-8-10-16-11-9-15/h8-11,14,17H,4-7,12-13H2,1-3H3. The molecule has 3 heteroatoms. The SMILES string of the molecule is CCN(CC)CCCC(C)NCc1ccncc1. The second kappa shape index (κ2) is 9.06. The van der Waals surface area contributed by atoms with Crippen molar-refractivity contribution in [1.82, 2.24) is 15.2 Å². The molecule has 1 heterocycles. The molecule has 0 radical (unpaired) electrons. The van der Waals surface area contributed by atoms with Crippen LogP contribution in [0.15, 0.2) is 24.5 Å². The number of hydrogen-bond donors (Lipinski definition) is 1. The van der Waals surface area contributed by atoms with E-state index in [1.165, 1.54) is 24.9 Å². The van der Waals surface area contributed by atoms with Crippen LogP contribution in [0.3, 0.4) is 0 Å². The van der Waals surface area contributed by atoms with Gasteiger partial charge in [0.05, 0.1) is 0 Å². The molecule has 0 spiro atoms. The molecule has 1 atom stereocenters. The fourth-order valence-corrected chi connectivity index (χ4v) is 2.06. The number of pyridine rings is 1. The zero-order valence-electron chi connectivity index (χ0n) is 12.0. The summed E-state index contributed by atoms with van der Waals surface area (Å²) in [7, 11) is 0. The molecular weight excluding hydrogens is 222 g/mol. The summed E-state index contributed by atoms with van der Waals surface area (Å²) in [6.45, 7) is 11.2. The molecule has 1 rings (SSSR count). The lowest BCUT2D eigenvalue weighted by Gasteiger charge is -2.19. The van der Waals surface area contributed by atoms with Crippen molar-refractivity contribution < 1.29 is 0 Å². The van der Waals surface area contributed by atoms with Crippen LogP contribution in [-0.4, -0.2) is 35.6 Å². The highest BCUT2D eigenvalue weighted by Crippen LogP contribution is 2.02. The van der Waals surface area contributed by atoms with E-state index in [1.54, 1.807) is 0 Å². The first-order valence-electron chi connectivity index (χ1n) is 7.10. The van der Waals surface area contributed by atoms with E-state index < -0.39 is 0 Å².